The molecule has 0 saturated heterocycles. The number of nitrogens with one attached hydrogen (secondary N) is 1. The summed E-state index contributed by atoms with van der Waals surface area (Å²) in [6, 6.07) is 11.8. The van der Waals surface area contributed by atoms with Gasteiger partial charge in [0, 0.05) is 24.1 Å². The van der Waals surface area contributed by atoms with Crippen molar-refractivity contribution in [1.82, 2.24) is 9.88 Å². The van der Waals surface area contributed by atoms with Gasteiger partial charge in [-0.3, -0.25) is 4.79 Å². The highest BCUT2D eigenvalue weighted by atomic mass is 19.1. The first-order chi connectivity index (χ1) is 12.0. The van der Waals surface area contributed by atoms with Gasteiger partial charge in [0.15, 0.2) is 0 Å². The van der Waals surface area contributed by atoms with Gasteiger partial charge in [0.05, 0.1) is 17.7 Å². The van der Waals surface area contributed by atoms with Crippen LogP contribution in [0.5, 0.6) is 0 Å². The maximum atomic E-state index is 13.6. The lowest BCUT2D eigenvalue weighted by Gasteiger charge is -2.31. The molecule has 4 nitrogen and oxygen atoms in total. The number of hydrogen-bond donors (Lipinski definition) is 2. The molecule has 0 spiro atoms. The van der Waals surface area contributed by atoms with Gasteiger partial charge in [-0.05, 0) is 42.2 Å². The summed E-state index contributed by atoms with van der Waals surface area (Å²) < 4.78 is 15.4. The van der Waals surface area contributed by atoms with E-state index in [4.69, 9.17) is 0 Å². The second-order valence-electron chi connectivity index (χ2n) is 6.57. The number of carbonyl (C=O) groups is 1. The number of aryl methyl sites for hydroxylation is 2. The number of aliphatic hydroxyl groups excluding tert-OH is 1. The lowest BCUT2D eigenvalue weighted by molar-refractivity contribution is 0.0793. The van der Waals surface area contributed by atoms with Gasteiger partial charge in [-0.2, -0.15) is 0 Å². The third kappa shape index (κ3) is 2.70. The molecule has 25 heavy (non-hydrogen) atoms. The van der Waals surface area contributed by atoms with E-state index in [1.54, 1.807) is 16.8 Å². The SMILES string of the molecule is Cn1cc(C(=O)N[C@H]2c3ccccc3CC[C@H]2O)c2cc(F)ccc21. The van der Waals surface area contributed by atoms with E-state index in [0.29, 0.717) is 17.4 Å². The Kier molecular flexibility index (Phi) is 3.81. The smallest absolute Gasteiger partial charge is 0.254 e. The molecule has 2 aromatic carbocycles. The van der Waals surface area contributed by atoms with Crippen LogP contribution in [0.25, 0.3) is 10.9 Å². The van der Waals surface area contributed by atoms with Crippen LogP contribution in [-0.4, -0.2) is 21.7 Å². The highest BCUT2D eigenvalue weighted by Gasteiger charge is 2.30. The Morgan fingerprint density at radius 3 is 2.92 bits per heavy atom. The highest BCUT2D eigenvalue weighted by molar-refractivity contribution is 6.07. The van der Waals surface area contributed by atoms with E-state index in [1.165, 1.54) is 12.1 Å². The van der Waals surface area contributed by atoms with E-state index < -0.39 is 12.1 Å². The Morgan fingerprint density at radius 2 is 2.08 bits per heavy atom. The number of amides is 1. The van der Waals surface area contributed by atoms with Crippen LogP contribution in [0.4, 0.5) is 4.39 Å². The fourth-order valence-electron chi connectivity index (χ4n) is 3.68. The molecule has 1 aliphatic carbocycles. The van der Waals surface area contributed by atoms with Crippen LogP contribution >= 0.6 is 0 Å². The topological polar surface area (TPSA) is 54.3 Å². The normalized spacial score (nSPS) is 19.6. The second kappa shape index (κ2) is 6.01. The van der Waals surface area contributed by atoms with Gasteiger partial charge in [-0.25, -0.2) is 4.39 Å². The van der Waals surface area contributed by atoms with Gasteiger partial charge >= 0.3 is 0 Å². The summed E-state index contributed by atoms with van der Waals surface area (Å²) in [4.78, 5) is 12.8. The molecular weight excluding hydrogens is 319 g/mol. The van der Waals surface area contributed by atoms with E-state index in [1.807, 2.05) is 31.3 Å². The zero-order valence-electron chi connectivity index (χ0n) is 13.9. The zero-order chi connectivity index (χ0) is 17.6. The van der Waals surface area contributed by atoms with Gasteiger partial charge in [-0.15, -0.1) is 0 Å². The van der Waals surface area contributed by atoms with Crippen LogP contribution in [0.15, 0.2) is 48.7 Å². The molecule has 1 heterocycles. The van der Waals surface area contributed by atoms with Crippen molar-refractivity contribution in [2.24, 2.45) is 7.05 Å². The van der Waals surface area contributed by atoms with Crippen LogP contribution in [0, 0.1) is 5.82 Å². The van der Waals surface area contributed by atoms with Crippen molar-refractivity contribution >= 4 is 16.8 Å². The molecule has 2 N–H and O–H groups in total. The molecule has 128 valence electrons. The first-order valence-corrected chi connectivity index (χ1v) is 8.36. The summed E-state index contributed by atoms with van der Waals surface area (Å²) in [5.74, 6) is -0.687. The van der Waals surface area contributed by atoms with Crippen molar-refractivity contribution in [1.29, 1.82) is 0 Å². The first-order valence-electron chi connectivity index (χ1n) is 8.36. The standard InChI is InChI=1S/C20H19FN2O2/c1-23-11-16(15-10-13(21)7-8-17(15)23)20(25)22-19-14-5-3-2-4-12(14)6-9-18(19)24/h2-5,7-8,10-11,18-19,24H,6,9H2,1H3,(H,22,25)/t18-,19+/m1/s1. The molecule has 1 amide bonds. The predicted octanol–water partition coefficient (Wildman–Crippen LogP) is 3.10. The summed E-state index contributed by atoms with van der Waals surface area (Å²) in [5.41, 5.74) is 3.28. The Balaban J connectivity index is 1.70. The first kappa shape index (κ1) is 15.8. The van der Waals surface area contributed by atoms with Crippen molar-refractivity contribution < 1.29 is 14.3 Å². The average molecular weight is 338 g/mol. The Labute approximate surface area is 144 Å². The number of halogens is 1. The quantitative estimate of drug-likeness (QED) is 0.754. The van der Waals surface area contributed by atoms with Crippen molar-refractivity contribution in [2.45, 2.75) is 25.0 Å². The molecule has 0 bridgehead atoms. The number of aromatic nitrogens is 1. The summed E-state index contributed by atoms with van der Waals surface area (Å²) in [6.07, 6.45) is 2.46. The van der Waals surface area contributed by atoms with E-state index in [9.17, 15) is 14.3 Å². The summed E-state index contributed by atoms with van der Waals surface area (Å²) in [6.45, 7) is 0. The third-order valence-corrected chi connectivity index (χ3v) is 4.97. The molecule has 5 heteroatoms. The molecule has 4 rings (SSSR count). The molecule has 1 aliphatic rings. The number of benzene rings is 2. The lowest BCUT2D eigenvalue weighted by Crippen LogP contribution is -2.39. The molecule has 3 aromatic rings. The maximum Gasteiger partial charge on any atom is 0.254 e. The van der Waals surface area contributed by atoms with E-state index in [-0.39, 0.29) is 11.7 Å². The largest absolute Gasteiger partial charge is 0.391 e. The van der Waals surface area contributed by atoms with Gasteiger partial charge in [0.25, 0.3) is 5.91 Å². The third-order valence-electron chi connectivity index (χ3n) is 4.97. The van der Waals surface area contributed by atoms with Crippen molar-refractivity contribution in [3.63, 3.8) is 0 Å². The minimum Gasteiger partial charge on any atom is -0.391 e. The number of aliphatic hydroxyl groups is 1. The average Bonchev–Trinajstić information content (AvgIpc) is 2.93. The van der Waals surface area contributed by atoms with Crippen LogP contribution in [0.2, 0.25) is 0 Å². The maximum absolute atomic E-state index is 13.6. The fraction of sp³-hybridized carbons (Fsp3) is 0.250. The fourth-order valence-corrected chi connectivity index (χ4v) is 3.68. The van der Waals surface area contributed by atoms with E-state index in [2.05, 4.69) is 5.32 Å². The molecule has 1 aromatic heterocycles. The molecule has 2 atom stereocenters. The summed E-state index contributed by atoms with van der Waals surface area (Å²) >= 11 is 0. The Hall–Kier alpha value is -2.66. The van der Waals surface area contributed by atoms with Crippen molar-refractivity contribution in [3.05, 3.63) is 71.2 Å². The van der Waals surface area contributed by atoms with Crippen molar-refractivity contribution in [3.8, 4) is 0 Å². The van der Waals surface area contributed by atoms with Gasteiger partial charge in [0.1, 0.15) is 5.82 Å². The molecule has 0 unspecified atom stereocenters. The monoisotopic (exact) mass is 338 g/mol. The van der Waals surface area contributed by atoms with Crippen LogP contribution in [0.1, 0.15) is 33.9 Å². The van der Waals surface area contributed by atoms with E-state index in [0.717, 1.165) is 23.1 Å². The lowest BCUT2D eigenvalue weighted by atomic mass is 9.85. The van der Waals surface area contributed by atoms with Crippen LogP contribution in [0.3, 0.4) is 0 Å². The number of carbonyl (C=O) groups excluding carboxylic acids is 1. The van der Waals surface area contributed by atoms with E-state index >= 15 is 0 Å². The number of hydrogen-bond acceptors (Lipinski definition) is 2. The Morgan fingerprint density at radius 1 is 1.28 bits per heavy atom. The number of rotatable bonds is 2. The Bertz CT molecular complexity index is 963. The molecule has 0 radical (unpaired) electrons. The summed E-state index contributed by atoms with van der Waals surface area (Å²) in [5, 5.41) is 13.9. The van der Waals surface area contributed by atoms with Gasteiger partial charge in [0.2, 0.25) is 0 Å². The van der Waals surface area contributed by atoms with Crippen molar-refractivity contribution in [2.75, 3.05) is 0 Å². The van der Waals surface area contributed by atoms with Crippen LogP contribution in [-0.2, 0) is 13.5 Å². The minimum absolute atomic E-state index is 0.308. The zero-order valence-corrected chi connectivity index (χ0v) is 13.9. The van der Waals surface area contributed by atoms with Gasteiger partial charge in [-0.1, -0.05) is 24.3 Å². The molecule has 0 saturated carbocycles. The number of nitrogens with zero attached hydrogens (tertiary/aromatic N) is 1. The minimum atomic E-state index is -0.634. The molecule has 0 fully saturated rings. The molecular formula is C20H19FN2O2. The molecule has 0 aliphatic heterocycles. The summed E-state index contributed by atoms with van der Waals surface area (Å²) in [7, 11) is 1.82. The predicted molar refractivity (Wildman–Crippen MR) is 93.9 cm³/mol. The highest BCUT2D eigenvalue weighted by Crippen LogP contribution is 2.31. The van der Waals surface area contributed by atoms with Gasteiger partial charge < -0.3 is 15.0 Å². The van der Waals surface area contributed by atoms with Crippen LogP contribution < -0.4 is 5.32 Å². The second-order valence-corrected chi connectivity index (χ2v) is 6.57. The number of fused-ring (bicyclic) bond motifs is 2.